The highest BCUT2D eigenvalue weighted by Gasteiger charge is 2.35. The Hall–Kier alpha value is -3.74. The van der Waals surface area contributed by atoms with Gasteiger partial charge in [-0.3, -0.25) is 9.48 Å². The number of nitrogens with zero attached hydrogens (tertiary/aromatic N) is 6. The molecule has 2 aromatic heterocycles. The van der Waals surface area contributed by atoms with Crippen LogP contribution in [0.4, 0.5) is 39.4 Å². The number of alkyl halides is 3. The smallest absolute Gasteiger partial charge is 0.367 e. The number of benzene rings is 1. The lowest BCUT2D eigenvalue weighted by Gasteiger charge is -2.37. The third-order valence-electron chi connectivity index (χ3n) is 6.22. The number of aryl methyl sites for hydroxylation is 2. The predicted molar refractivity (Wildman–Crippen MR) is 127 cm³/mol. The molecule has 36 heavy (non-hydrogen) atoms. The summed E-state index contributed by atoms with van der Waals surface area (Å²) in [5.74, 6) is -1.47. The zero-order chi connectivity index (χ0) is 26.2. The highest BCUT2D eigenvalue weighted by Crippen LogP contribution is 2.38. The molecule has 13 heteroatoms. The summed E-state index contributed by atoms with van der Waals surface area (Å²) in [6.45, 7) is 7.52. The number of fused-ring (bicyclic) bond motifs is 1. The topological polar surface area (TPSA) is 86.6 Å². The summed E-state index contributed by atoms with van der Waals surface area (Å²) in [7, 11) is 1.73. The van der Waals surface area contributed by atoms with Crippen LogP contribution in [0.25, 0.3) is 11.0 Å². The summed E-state index contributed by atoms with van der Waals surface area (Å²) < 4.78 is 54.6. The first-order valence-corrected chi connectivity index (χ1v) is 11.3. The van der Waals surface area contributed by atoms with Crippen molar-refractivity contribution >= 4 is 40.5 Å². The van der Waals surface area contributed by atoms with Crippen molar-refractivity contribution in [1.82, 2.24) is 19.7 Å². The maximum absolute atomic E-state index is 13.7. The molecule has 0 aliphatic carbocycles. The molecular formula is C23H25F4N7O2. The number of urea groups is 1. The summed E-state index contributed by atoms with van der Waals surface area (Å²) >= 11 is 0. The van der Waals surface area contributed by atoms with Gasteiger partial charge >= 0.3 is 12.2 Å². The lowest BCUT2D eigenvalue weighted by atomic mass is 10.1. The summed E-state index contributed by atoms with van der Waals surface area (Å²) in [5.41, 5.74) is 0.109. The van der Waals surface area contributed by atoms with Crippen molar-refractivity contribution in [2.75, 3.05) is 47.8 Å². The number of amides is 3. The molecule has 0 unspecified atom stereocenters. The second-order valence-electron chi connectivity index (χ2n) is 8.42. The number of carbonyl (C=O) groups is 2. The number of anilines is 3. The van der Waals surface area contributed by atoms with Crippen molar-refractivity contribution in [3.05, 3.63) is 41.5 Å². The number of carbonyl (C=O) groups excluding carboxylic acids is 2. The first-order chi connectivity index (χ1) is 17.0. The molecule has 4 rings (SSSR count). The highest BCUT2D eigenvalue weighted by molar-refractivity contribution is 6.16. The zero-order valence-corrected chi connectivity index (χ0v) is 19.9. The zero-order valence-electron chi connectivity index (χ0n) is 19.9. The highest BCUT2D eigenvalue weighted by atomic mass is 19.4. The van der Waals surface area contributed by atoms with Gasteiger partial charge < -0.3 is 15.1 Å². The maximum atomic E-state index is 13.7. The number of halogens is 4. The van der Waals surface area contributed by atoms with Crippen LogP contribution in [0, 0.1) is 12.7 Å². The van der Waals surface area contributed by atoms with Crippen LogP contribution in [0.3, 0.4) is 0 Å². The predicted octanol–water partition coefficient (Wildman–Crippen LogP) is 3.77. The van der Waals surface area contributed by atoms with Crippen molar-refractivity contribution in [2.24, 2.45) is 7.05 Å². The van der Waals surface area contributed by atoms with E-state index in [-0.39, 0.29) is 17.8 Å². The van der Waals surface area contributed by atoms with E-state index in [0.717, 1.165) is 30.6 Å². The van der Waals surface area contributed by atoms with Gasteiger partial charge in [0.15, 0.2) is 5.65 Å². The Bertz CT molecular complexity index is 1300. The quantitative estimate of drug-likeness (QED) is 0.418. The molecule has 1 aliphatic rings. The molecule has 0 saturated carbocycles. The Balaban J connectivity index is 1.74. The van der Waals surface area contributed by atoms with Crippen LogP contribution in [0.1, 0.15) is 18.2 Å². The Morgan fingerprint density at radius 3 is 2.53 bits per heavy atom. The number of pyridine rings is 1. The number of hydrogen-bond acceptors (Lipinski definition) is 6. The lowest BCUT2D eigenvalue weighted by molar-refractivity contribution is -0.139. The fourth-order valence-electron chi connectivity index (χ4n) is 4.38. The molecule has 0 spiro atoms. The molecule has 3 amide bonds. The number of piperazine rings is 1. The lowest BCUT2D eigenvalue weighted by Crippen LogP contribution is -2.47. The normalized spacial score (nSPS) is 14.8. The van der Waals surface area contributed by atoms with Gasteiger partial charge in [0.05, 0.1) is 34.2 Å². The van der Waals surface area contributed by atoms with Gasteiger partial charge in [0.2, 0.25) is 6.41 Å². The van der Waals surface area contributed by atoms with Gasteiger partial charge in [0, 0.05) is 38.9 Å². The summed E-state index contributed by atoms with van der Waals surface area (Å²) in [6, 6.07) is 1.06. The van der Waals surface area contributed by atoms with E-state index in [1.54, 1.807) is 18.7 Å². The summed E-state index contributed by atoms with van der Waals surface area (Å²) in [6.07, 6.45) is -3.32. The molecule has 1 aromatic carbocycles. The van der Waals surface area contributed by atoms with E-state index in [0.29, 0.717) is 47.6 Å². The molecule has 1 aliphatic heterocycles. The van der Waals surface area contributed by atoms with E-state index >= 15 is 0 Å². The Morgan fingerprint density at radius 1 is 1.22 bits per heavy atom. The molecule has 1 N–H and O–H groups in total. The third kappa shape index (κ3) is 4.70. The van der Waals surface area contributed by atoms with Crippen LogP contribution in [0.15, 0.2) is 24.4 Å². The van der Waals surface area contributed by atoms with Gasteiger partial charge in [-0.15, -0.1) is 0 Å². The first kappa shape index (κ1) is 25.4. The number of rotatable bonds is 5. The molecule has 1 saturated heterocycles. The Labute approximate surface area is 204 Å². The number of imide groups is 1. The standard InChI is InChI=1S/C23H25F4N7O2/c1-4-32-7-9-33(10-8-32)20-18(12-28-21-19(20)14(2)30-31(21)3)34(13-35)22(36)29-15-5-6-17(24)16(11-15)23(25,26)27/h5-6,11-13H,4,7-10H2,1-3H3,(H,29,36). The minimum atomic E-state index is -4.95. The number of aromatic nitrogens is 3. The average Bonchev–Trinajstić information content (AvgIpc) is 3.13. The van der Waals surface area contributed by atoms with E-state index in [2.05, 4.69) is 27.2 Å². The number of likely N-dealkylation sites (N-methyl/N-ethyl adjacent to an activating group) is 1. The van der Waals surface area contributed by atoms with Gasteiger partial charge in [-0.1, -0.05) is 6.92 Å². The van der Waals surface area contributed by atoms with E-state index in [9.17, 15) is 27.2 Å². The van der Waals surface area contributed by atoms with Crippen LogP contribution in [0.5, 0.6) is 0 Å². The fraction of sp³-hybridized carbons (Fsp3) is 0.391. The third-order valence-corrected chi connectivity index (χ3v) is 6.22. The van der Waals surface area contributed by atoms with Gasteiger partial charge in [-0.2, -0.15) is 18.3 Å². The fourth-order valence-corrected chi connectivity index (χ4v) is 4.38. The van der Waals surface area contributed by atoms with Crippen LogP contribution in [0.2, 0.25) is 0 Å². The van der Waals surface area contributed by atoms with Crippen molar-refractivity contribution in [1.29, 1.82) is 0 Å². The minimum Gasteiger partial charge on any atom is -0.367 e. The van der Waals surface area contributed by atoms with E-state index in [4.69, 9.17) is 0 Å². The molecule has 9 nitrogen and oxygen atoms in total. The van der Waals surface area contributed by atoms with Crippen LogP contribution in [-0.4, -0.2) is 64.8 Å². The number of hydrogen-bond donors (Lipinski definition) is 1. The molecule has 0 atom stereocenters. The molecule has 0 bridgehead atoms. The largest absolute Gasteiger partial charge is 0.419 e. The molecule has 3 heterocycles. The number of nitrogens with one attached hydrogen (secondary N) is 1. The van der Waals surface area contributed by atoms with Gasteiger partial charge in [-0.25, -0.2) is 19.1 Å². The Kier molecular flexibility index (Phi) is 6.85. The molecule has 3 aromatic rings. The van der Waals surface area contributed by atoms with Gasteiger partial charge in [0.25, 0.3) is 0 Å². The minimum absolute atomic E-state index is 0.161. The van der Waals surface area contributed by atoms with E-state index in [1.165, 1.54) is 6.20 Å². The first-order valence-electron chi connectivity index (χ1n) is 11.3. The van der Waals surface area contributed by atoms with Crippen molar-refractivity contribution in [2.45, 2.75) is 20.0 Å². The summed E-state index contributed by atoms with van der Waals surface area (Å²) in [4.78, 5) is 34.7. The molecule has 0 radical (unpaired) electrons. The maximum Gasteiger partial charge on any atom is 0.419 e. The second kappa shape index (κ2) is 9.72. The Morgan fingerprint density at radius 2 is 1.92 bits per heavy atom. The van der Waals surface area contributed by atoms with Crippen LogP contribution in [-0.2, 0) is 18.0 Å². The van der Waals surface area contributed by atoms with Crippen molar-refractivity contribution in [3.63, 3.8) is 0 Å². The van der Waals surface area contributed by atoms with Crippen molar-refractivity contribution in [3.8, 4) is 0 Å². The SMILES string of the molecule is CCN1CCN(c2c(N(C=O)C(=O)Nc3ccc(F)c(C(F)(F)F)c3)cnc3c2c(C)nn3C)CC1. The van der Waals surface area contributed by atoms with Gasteiger partial charge in [0.1, 0.15) is 5.82 Å². The second-order valence-corrected chi connectivity index (χ2v) is 8.42. The van der Waals surface area contributed by atoms with Crippen molar-refractivity contribution < 1.29 is 27.2 Å². The monoisotopic (exact) mass is 507 g/mol. The molecule has 1 fully saturated rings. The molecule has 192 valence electrons. The van der Waals surface area contributed by atoms with Gasteiger partial charge in [-0.05, 0) is 31.7 Å². The summed E-state index contributed by atoms with van der Waals surface area (Å²) in [5, 5.41) is 7.35. The van der Waals surface area contributed by atoms with E-state index < -0.39 is 23.6 Å². The van der Waals surface area contributed by atoms with Crippen LogP contribution < -0.4 is 15.1 Å². The van der Waals surface area contributed by atoms with Crippen LogP contribution >= 0.6 is 0 Å². The van der Waals surface area contributed by atoms with E-state index in [1.807, 2.05) is 4.90 Å². The molecular weight excluding hydrogens is 482 g/mol. The average molecular weight is 507 g/mol.